The van der Waals surface area contributed by atoms with Gasteiger partial charge in [-0.1, -0.05) is 268 Å². The number of nitrogens with one attached hydrogen (secondary N) is 1. The molecular weight excluding hydrogens is 967 g/mol. The van der Waals surface area contributed by atoms with Gasteiger partial charge in [-0.15, -0.1) is 0 Å². The molecule has 11 nitrogen and oxygen atoms in total. The number of amides is 1. The Hall–Kier alpha value is -2.38. The maximum atomic E-state index is 13.3. The molecule has 0 spiro atoms. The highest BCUT2D eigenvalue weighted by atomic mass is 16.7. The summed E-state index contributed by atoms with van der Waals surface area (Å²) in [5, 5.41) is 56.8. The van der Waals surface area contributed by atoms with Crippen molar-refractivity contribution in [1.29, 1.82) is 0 Å². The van der Waals surface area contributed by atoms with E-state index in [2.05, 4.69) is 50.4 Å². The summed E-state index contributed by atoms with van der Waals surface area (Å²) in [4.78, 5) is 26.5. The Balaban J connectivity index is 2.57. The number of aliphatic hydroxyl groups is 5. The fraction of sp³-hybridized carbons (Fsp3) is 0.848. The van der Waals surface area contributed by atoms with Gasteiger partial charge in [-0.3, -0.25) is 9.59 Å². The molecule has 8 unspecified atom stereocenters. The van der Waals surface area contributed by atoms with E-state index in [0.29, 0.717) is 12.8 Å². The highest BCUT2D eigenvalue weighted by Gasteiger charge is 2.47. The molecule has 0 saturated carbocycles. The van der Waals surface area contributed by atoms with Gasteiger partial charge in [0.15, 0.2) is 12.4 Å². The molecule has 0 aromatic rings. The van der Waals surface area contributed by atoms with Crippen molar-refractivity contribution in [1.82, 2.24) is 5.32 Å². The van der Waals surface area contributed by atoms with Crippen LogP contribution < -0.4 is 5.32 Å². The molecule has 77 heavy (non-hydrogen) atoms. The van der Waals surface area contributed by atoms with Gasteiger partial charge in [0, 0.05) is 12.8 Å². The Kier molecular flexibility index (Phi) is 51.1. The third-order valence-corrected chi connectivity index (χ3v) is 15.2. The summed E-state index contributed by atoms with van der Waals surface area (Å²) in [6.07, 6.45) is 56.2. The van der Waals surface area contributed by atoms with Gasteiger partial charge in [0.1, 0.15) is 24.4 Å². The lowest BCUT2D eigenvalue weighted by molar-refractivity contribution is -0.305. The summed E-state index contributed by atoms with van der Waals surface area (Å²) in [5.74, 6) is -1.26. The zero-order valence-corrected chi connectivity index (χ0v) is 49.8. The van der Waals surface area contributed by atoms with Crippen LogP contribution in [-0.4, -0.2) is 99.6 Å². The highest BCUT2D eigenvalue weighted by Crippen LogP contribution is 2.26. The summed E-state index contributed by atoms with van der Waals surface area (Å²) in [5.41, 5.74) is 0. The van der Waals surface area contributed by atoms with Crippen LogP contribution >= 0.6 is 0 Å². The molecule has 1 heterocycles. The predicted molar refractivity (Wildman–Crippen MR) is 320 cm³/mol. The van der Waals surface area contributed by atoms with Crippen LogP contribution in [0.5, 0.6) is 0 Å². The third-order valence-electron chi connectivity index (χ3n) is 15.2. The smallest absolute Gasteiger partial charge is 0.306 e. The quantitative estimate of drug-likeness (QED) is 0.0195. The normalized spacial score (nSPS) is 19.3. The summed E-state index contributed by atoms with van der Waals surface area (Å²) in [6.45, 7) is 5.74. The van der Waals surface area contributed by atoms with Crippen molar-refractivity contribution in [2.45, 2.75) is 346 Å². The van der Waals surface area contributed by atoms with Gasteiger partial charge in [-0.2, -0.15) is 0 Å². The molecule has 0 aromatic heterocycles. The Labute approximate surface area is 472 Å². The van der Waals surface area contributed by atoms with E-state index >= 15 is 0 Å². The molecule has 11 heteroatoms. The van der Waals surface area contributed by atoms with Gasteiger partial charge in [0.05, 0.1) is 25.4 Å². The molecule has 1 saturated heterocycles. The van der Waals surface area contributed by atoms with Crippen molar-refractivity contribution < 1.29 is 49.3 Å². The zero-order chi connectivity index (χ0) is 56.1. The molecule has 450 valence electrons. The van der Waals surface area contributed by atoms with Crippen molar-refractivity contribution in [3.8, 4) is 0 Å². The molecular formula is C66H121NO10. The number of allylic oxidation sites excluding steroid dienone is 6. The van der Waals surface area contributed by atoms with Gasteiger partial charge in [-0.05, 0) is 64.2 Å². The van der Waals surface area contributed by atoms with E-state index in [1.165, 1.54) is 199 Å². The molecule has 0 radical (unpaired) electrons. The lowest BCUT2D eigenvalue weighted by Crippen LogP contribution is -2.61. The highest BCUT2D eigenvalue weighted by molar-refractivity contribution is 5.81. The molecule has 6 N–H and O–H groups in total. The first-order chi connectivity index (χ1) is 37.7. The van der Waals surface area contributed by atoms with Gasteiger partial charge in [-0.25, -0.2) is 0 Å². The Morgan fingerprint density at radius 2 is 0.896 bits per heavy atom. The van der Waals surface area contributed by atoms with Crippen molar-refractivity contribution in [2.75, 3.05) is 13.2 Å². The monoisotopic (exact) mass is 1090 g/mol. The van der Waals surface area contributed by atoms with E-state index < -0.39 is 67.4 Å². The van der Waals surface area contributed by atoms with Crippen LogP contribution in [0.15, 0.2) is 48.6 Å². The predicted octanol–water partition coefficient (Wildman–Crippen LogP) is 15.6. The standard InChI is InChI=1S/C66H121NO10/c1-4-7-10-13-16-19-22-24-25-26-27-28-29-30-31-32-33-34-35-36-39-42-45-48-51-54-61(71)77-64-63(73)62(72)60(55-68)76-66(64)75-56-57(58(69)52-49-46-43-40-37-21-18-15-12-9-6-3)67-65(74)59(70)53-50-47-44-41-38-23-20-17-14-11-8-5-2/h24-25,38,41,47,49-50,52,57-60,62-64,66,68-70,72-73H,4-23,26-37,39-40,42-46,48,51,53-56H2,1-3H3,(H,67,74)/b25-24+,41-38-,50-47+,52-49+. The molecule has 1 aliphatic rings. The van der Waals surface area contributed by atoms with Crippen LogP contribution in [0, 0.1) is 0 Å². The zero-order valence-electron chi connectivity index (χ0n) is 49.8. The van der Waals surface area contributed by atoms with Gasteiger partial charge >= 0.3 is 5.97 Å². The average Bonchev–Trinajstić information content (AvgIpc) is 3.43. The number of rotatable bonds is 55. The third kappa shape index (κ3) is 42.2. The number of carbonyl (C=O) groups is 2. The van der Waals surface area contributed by atoms with Crippen molar-refractivity contribution in [2.24, 2.45) is 0 Å². The van der Waals surface area contributed by atoms with Crippen molar-refractivity contribution >= 4 is 11.9 Å². The van der Waals surface area contributed by atoms with Gasteiger partial charge in [0.2, 0.25) is 5.91 Å². The van der Waals surface area contributed by atoms with E-state index in [0.717, 1.165) is 51.4 Å². The molecule has 1 rings (SSSR count). The van der Waals surface area contributed by atoms with Crippen LogP contribution in [0.1, 0.15) is 297 Å². The summed E-state index contributed by atoms with van der Waals surface area (Å²) < 4.78 is 17.6. The van der Waals surface area contributed by atoms with Crippen molar-refractivity contribution in [3.05, 3.63) is 48.6 Å². The van der Waals surface area contributed by atoms with E-state index in [9.17, 15) is 35.1 Å². The second-order valence-corrected chi connectivity index (χ2v) is 22.5. The van der Waals surface area contributed by atoms with E-state index in [-0.39, 0.29) is 19.4 Å². The second kappa shape index (κ2) is 54.2. The van der Waals surface area contributed by atoms with Crippen molar-refractivity contribution in [3.63, 3.8) is 0 Å². The number of aliphatic hydroxyl groups excluding tert-OH is 5. The first-order valence-electron chi connectivity index (χ1n) is 32.4. The molecule has 1 amide bonds. The maximum Gasteiger partial charge on any atom is 0.306 e. The van der Waals surface area contributed by atoms with E-state index in [4.69, 9.17) is 14.2 Å². The fourth-order valence-corrected chi connectivity index (χ4v) is 10.0. The Bertz CT molecular complexity index is 1440. The minimum Gasteiger partial charge on any atom is -0.454 e. The molecule has 1 aliphatic heterocycles. The van der Waals surface area contributed by atoms with Crippen LogP contribution in [-0.2, 0) is 23.8 Å². The van der Waals surface area contributed by atoms with Crippen LogP contribution in [0.3, 0.4) is 0 Å². The number of carbonyl (C=O) groups excluding carboxylic acids is 2. The Morgan fingerprint density at radius 3 is 1.34 bits per heavy atom. The lowest BCUT2D eigenvalue weighted by Gasteiger charge is -2.41. The minimum atomic E-state index is -1.62. The summed E-state index contributed by atoms with van der Waals surface area (Å²) in [7, 11) is 0. The minimum absolute atomic E-state index is 0.0831. The SMILES string of the molecule is CCCCCCCC/C=C\C/C=C/CC(O)C(=O)NC(COC1OC(CO)C(O)C(O)C1OC(=O)CCCCCCCCCCCCCCCCC/C=C/CCCCCCCC)C(O)/C=C/CCCCCCCCCCC. The average molecular weight is 1090 g/mol. The Morgan fingerprint density at radius 1 is 0.506 bits per heavy atom. The van der Waals surface area contributed by atoms with Crippen LogP contribution in [0.2, 0.25) is 0 Å². The second-order valence-electron chi connectivity index (χ2n) is 22.5. The molecule has 0 aromatic carbocycles. The number of hydrogen-bond acceptors (Lipinski definition) is 10. The number of hydrogen-bond donors (Lipinski definition) is 6. The van der Waals surface area contributed by atoms with E-state index in [1.807, 2.05) is 12.2 Å². The summed E-state index contributed by atoms with van der Waals surface area (Å²) >= 11 is 0. The van der Waals surface area contributed by atoms with Gasteiger partial charge in [0.25, 0.3) is 0 Å². The fourth-order valence-electron chi connectivity index (χ4n) is 10.0. The summed E-state index contributed by atoms with van der Waals surface area (Å²) in [6, 6.07) is -1.05. The largest absolute Gasteiger partial charge is 0.454 e. The molecule has 8 atom stereocenters. The topological polar surface area (TPSA) is 175 Å². The maximum absolute atomic E-state index is 13.3. The number of unbranched alkanes of at least 4 members (excludes halogenated alkanes) is 36. The van der Waals surface area contributed by atoms with Crippen LogP contribution in [0.4, 0.5) is 0 Å². The van der Waals surface area contributed by atoms with E-state index in [1.54, 1.807) is 12.2 Å². The number of esters is 1. The van der Waals surface area contributed by atoms with Gasteiger partial charge < -0.3 is 45.1 Å². The first kappa shape index (κ1) is 72.6. The molecule has 1 fully saturated rings. The molecule has 0 aliphatic carbocycles. The molecule has 0 bridgehead atoms. The lowest BCUT2D eigenvalue weighted by atomic mass is 9.99. The van der Waals surface area contributed by atoms with Crippen LogP contribution in [0.25, 0.3) is 0 Å². The number of ether oxygens (including phenoxy) is 3. The first-order valence-corrected chi connectivity index (χ1v) is 32.4.